The Kier molecular flexibility index (Phi) is 5.35. The average Bonchev–Trinajstić information content (AvgIpc) is 2.95. The molecule has 0 unspecified atom stereocenters. The maximum Gasteiger partial charge on any atom is 0.243 e. The molecular formula is C21H28N3O4S+. The van der Waals surface area contributed by atoms with Gasteiger partial charge in [0, 0.05) is 0 Å². The standard InChI is InChI=1S/C21H27N3O4S/c1-15-7-8-16(2)19(13-15)29(27,28)23-11-9-22(10-12-23)14-24-20(25)17-5-3-4-6-18(17)21(24)26/h3-4,7-8,13,17-18H,5-6,9-12,14H2,1-2H3/p+1/t17-,18-/m0/s1. The molecular weight excluding hydrogens is 390 g/mol. The third-order valence-corrected chi connectivity index (χ3v) is 8.41. The molecule has 0 bridgehead atoms. The molecule has 0 saturated carbocycles. The largest absolute Gasteiger partial charge is 0.315 e. The fourth-order valence-electron chi connectivity index (χ4n) is 4.57. The van der Waals surface area contributed by atoms with E-state index in [-0.39, 0.29) is 23.7 Å². The molecule has 0 spiro atoms. The van der Waals surface area contributed by atoms with Gasteiger partial charge in [0.05, 0.1) is 42.9 Å². The van der Waals surface area contributed by atoms with Crippen molar-refractivity contribution in [1.29, 1.82) is 0 Å². The van der Waals surface area contributed by atoms with Gasteiger partial charge in [-0.2, -0.15) is 4.31 Å². The van der Waals surface area contributed by atoms with Crippen molar-refractivity contribution in [3.63, 3.8) is 0 Å². The predicted octanol–water partition coefficient (Wildman–Crippen LogP) is 0.101. The molecule has 2 fully saturated rings. The number of rotatable bonds is 4. The highest BCUT2D eigenvalue weighted by Gasteiger charge is 2.48. The number of aryl methyl sites for hydroxylation is 2. The monoisotopic (exact) mass is 418 g/mol. The third-order valence-electron chi connectivity index (χ3n) is 6.37. The molecule has 2 amide bonds. The van der Waals surface area contributed by atoms with E-state index in [0.717, 1.165) is 16.0 Å². The zero-order chi connectivity index (χ0) is 20.8. The summed E-state index contributed by atoms with van der Waals surface area (Å²) in [4.78, 5) is 28.2. The van der Waals surface area contributed by atoms with Gasteiger partial charge in [-0.25, -0.2) is 13.3 Å². The van der Waals surface area contributed by atoms with Gasteiger partial charge in [0.15, 0.2) is 6.67 Å². The number of carbonyl (C=O) groups is 2. The highest BCUT2D eigenvalue weighted by Crippen LogP contribution is 2.34. The number of allylic oxidation sites excluding steroid dienone is 2. The number of hydrogen-bond acceptors (Lipinski definition) is 4. The van der Waals surface area contributed by atoms with Crippen molar-refractivity contribution in [3.05, 3.63) is 41.5 Å². The van der Waals surface area contributed by atoms with Gasteiger partial charge in [-0.05, 0) is 43.9 Å². The van der Waals surface area contributed by atoms with Gasteiger partial charge in [0.1, 0.15) is 0 Å². The zero-order valence-corrected chi connectivity index (χ0v) is 17.7. The van der Waals surface area contributed by atoms with Crippen molar-refractivity contribution >= 4 is 21.8 Å². The Labute approximate surface area is 172 Å². The molecule has 3 aliphatic rings. The minimum Gasteiger partial charge on any atom is -0.315 e. The van der Waals surface area contributed by atoms with E-state index in [0.29, 0.717) is 50.6 Å². The Hall–Kier alpha value is -2.03. The fourth-order valence-corrected chi connectivity index (χ4v) is 6.32. The first-order valence-corrected chi connectivity index (χ1v) is 11.6. The minimum atomic E-state index is -3.54. The lowest BCUT2D eigenvalue weighted by Crippen LogP contribution is -3.16. The first-order valence-electron chi connectivity index (χ1n) is 10.2. The van der Waals surface area contributed by atoms with Gasteiger partial charge in [-0.1, -0.05) is 24.3 Å². The lowest BCUT2D eigenvalue weighted by molar-refractivity contribution is -0.910. The number of sulfonamides is 1. The molecule has 2 saturated heterocycles. The number of hydrogen-bond donors (Lipinski definition) is 1. The van der Waals surface area contributed by atoms with E-state index in [1.54, 1.807) is 6.07 Å². The van der Waals surface area contributed by atoms with E-state index in [1.165, 1.54) is 9.21 Å². The van der Waals surface area contributed by atoms with E-state index in [1.807, 2.05) is 38.1 Å². The van der Waals surface area contributed by atoms with Gasteiger partial charge in [-0.3, -0.25) is 9.59 Å². The molecule has 1 aliphatic carbocycles. The summed E-state index contributed by atoms with van der Waals surface area (Å²) in [5, 5.41) is 0. The first-order chi connectivity index (χ1) is 13.8. The Morgan fingerprint density at radius 2 is 1.59 bits per heavy atom. The van der Waals surface area contributed by atoms with E-state index < -0.39 is 10.0 Å². The average molecular weight is 419 g/mol. The molecule has 1 aromatic rings. The minimum absolute atomic E-state index is 0.0673. The zero-order valence-electron chi connectivity index (χ0n) is 16.9. The second-order valence-corrected chi connectivity index (χ2v) is 10.2. The number of benzene rings is 1. The summed E-state index contributed by atoms with van der Waals surface area (Å²) in [6.07, 6.45) is 5.26. The molecule has 29 heavy (non-hydrogen) atoms. The van der Waals surface area contributed by atoms with E-state index in [4.69, 9.17) is 0 Å². The molecule has 0 radical (unpaired) electrons. The normalized spacial score (nSPS) is 26.2. The highest BCUT2D eigenvalue weighted by atomic mass is 32.2. The number of carbonyl (C=O) groups excluding carboxylic acids is 2. The van der Waals surface area contributed by atoms with Crippen LogP contribution in [-0.2, 0) is 19.6 Å². The van der Waals surface area contributed by atoms with Crippen LogP contribution in [0.15, 0.2) is 35.2 Å². The quantitative estimate of drug-likeness (QED) is 0.556. The lowest BCUT2D eigenvalue weighted by atomic mass is 9.85. The van der Waals surface area contributed by atoms with Gasteiger partial charge in [0.25, 0.3) is 0 Å². The topological polar surface area (TPSA) is 79.2 Å². The predicted molar refractivity (Wildman–Crippen MR) is 107 cm³/mol. The molecule has 1 N–H and O–H groups in total. The van der Waals surface area contributed by atoms with Crippen molar-refractivity contribution in [3.8, 4) is 0 Å². The highest BCUT2D eigenvalue weighted by molar-refractivity contribution is 7.89. The fraction of sp³-hybridized carbons (Fsp3) is 0.524. The van der Waals surface area contributed by atoms with Crippen LogP contribution in [0.25, 0.3) is 0 Å². The maximum absolute atomic E-state index is 13.1. The van der Waals surface area contributed by atoms with Gasteiger partial charge in [0.2, 0.25) is 21.8 Å². The Morgan fingerprint density at radius 1 is 1.00 bits per heavy atom. The van der Waals surface area contributed by atoms with Gasteiger partial charge >= 0.3 is 0 Å². The molecule has 1 aromatic carbocycles. The molecule has 0 aromatic heterocycles. The Bertz CT molecular complexity index is 938. The van der Waals surface area contributed by atoms with Gasteiger partial charge < -0.3 is 4.90 Å². The van der Waals surface area contributed by atoms with Crippen LogP contribution in [0.1, 0.15) is 24.0 Å². The van der Waals surface area contributed by atoms with Crippen molar-refractivity contribution in [2.24, 2.45) is 11.8 Å². The number of quaternary nitrogens is 1. The third kappa shape index (κ3) is 3.65. The molecule has 2 heterocycles. The van der Waals surface area contributed by atoms with Crippen LogP contribution in [0, 0.1) is 25.7 Å². The van der Waals surface area contributed by atoms with Crippen molar-refractivity contribution in [2.75, 3.05) is 32.8 Å². The summed E-state index contributed by atoms with van der Waals surface area (Å²) in [7, 11) is -3.54. The lowest BCUT2D eigenvalue weighted by Gasteiger charge is -2.33. The summed E-state index contributed by atoms with van der Waals surface area (Å²) < 4.78 is 27.7. The van der Waals surface area contributed by atoms with E-state index >= 15 is 0 Å². The molecule has 156 valence electrons. The number of nitrogens with one attached hydrogen (secondary N) is 1. The van der Waals surface area contributed by atoms with E-state index in [9.17, 15) is 18.0 Å². The van der Waals surface area contributed by atoms with Crippen LogP contribution in [0.5, 0.6) is 0 Å². The second kappa shape index (κ2) is 7.66. The van der Waals surface area contributed by atoms with Crippen LogP contribution >= 0.6 is 0 Å². The molecule has 2 aliphatic heterocycles. The number of likely N-dealkylation sites (tertiary alicyclic amines) is 1. The van der Waals surface area contributed by atoms with Crippen molar-refractivity contribution in [1.82, 2.24) is 9.21 Å². The summed E-state index contributed by atoms with van der Waals surface area (Å²) in [6, 6.07) is 5.47. The van der Waals surface area contributed by atoms with Crippen LogP contribution in [-0.4, -0.2) is 62.3 Å². The van der Waals surface area contributed by atoms with Crippen LogP contribution in [0.2, 0.25) is 0 Å². The van der Waals surface area contributed by atoms with Crippen molar-refractivity contribution in [2.45, 2.75) is 31.6 Å². The number of nitrogens with zero attached hydrogens (tertiary/aromatic N) is 2. The molecule has 8 heteroatoms. The van der Waals surface area contributed by atoms with Crippen LogP contribution in [0.3, 0.4) is 0 Å². The van der Waals surface area contributed by atoms with Crippen LogP contribution < -0.4 is 4.90 Å². The summed E-state index contributed by atoms with van der Waals surface area (Å²) in [5.41, 5.74) is 1.66. The van der Waals surface area contributed by atoms with Crippen LogP contribution in [0.4, 0.5) is 0 Å². The number of imide groups is 1. The molecule has 7 nitrogen and oxygen atoms in total. The number of piperazine rings is 1. The summed E-state index contributed by atoms with van der Waals surface area (Å²) in [6.45, 7) is 5.96. The molecule has 2 atom stereocenters. The summed E-state index contributed by atoms with van der Waals surface area (Å²) in [5.74, 6) is -0.555. The Morgan fingerprint density at radius 3 is 2.17 bits per heavy atom. The second-order valence-electron chi connectivity index (χ2n) is 8.34. The van der Waals surface area contributed by atoms with Gasteiger partial charge in [-0.15, -0.1) is 0 Å². The first kappa shape index (κ1) is 20.3. The molecule has 4 rings (SSSR count). The number of fused-ring (bicyclic) bond motifs is 1. The Balaban J connectivity index is 1.40. The van der Waals surface area contributed by atoms with Crippen molar-refractivity contribution < 1.29 is 22.9 Å². The smallest absolute Gasteiger partial charge is 0.243 e. The maximum atomic E-state index is 13.1. The number of amides is 2. The van der Waals surface area contributed by atoms with E-state index in [2.05, 4.69) is 0 Å². The SMILES string of the molecule is Cc1ccc(C)c(S(=O)(=O)N2CC[NH+](CN3C(=O)[C@H]4CC=CC[C@@H]4C3=O)CC2)c1. The summed E-state index contributed by atoms with van der Waals surface area (Å²) >= 11 is 0.